The van der Waals surface area contributed by atoms with Crippen LogP contribution in [0, 0.1) is 29.9 Å². The van der Waals surface area contributed by atoms with E-state index in [-0.39, 0.29) is 11.6 Å². The summed E-state index contributed by atoms with van der Waals surface area (Å²) >= 11 is 0. The Hall–Kier alpha value is -4.30. The molecule has 0 bridgehead atoms. The predicted octanol–water partition coefficient (Wildman–Crippen LogP) is 4.60. The molecular formula is C27H23N3O5. The van der Waals surface area contributed by atoms with Gasteiger partial charge < -0.3 is 0 Å². The number of benzene rings is 3. The van der Waals surface area contributed by atoms with Crippen LogP contribution in [0.25, 0.3) is 6.08 Å². The maximum Gasteiger partial charge on any atom is 0.276 e. The lowest BCUT2D eigenvalue weighted by atomic mass is 9.95. The first kappa shape index (κ1) is 22.5. The number of aryl methyl sites for hydroxylation is 2. The minimum Gasteiger partial charge on any atom is -0.273 e. The van der Waals surface area contributed by atoms with Crippen LogP contribution < -0.4 is 9.96 Å². The van der Waals surface area contributed by atoms with Crippen LogP contribution in [0.5, 0.6) is 0 Å². The van der Waals surface area contributed by atoms with E-state index < -0.39 is 28.9 Å². The first-order valence-corrected chi connectivity index (χ1v) is 11.2. The molecule has 5 rings (SSSR count). The fraction of sp³-hybridized carbons (Fsp3) is 0.185. The van der Waals surface area contributed by atoms with Crippen molar-refractivity contribution in [2.45, 2.75) is 26.0 Å². The van der Waals surface area contributed by atoms with Crippen molar-refractivity contribution in [1.29, 1.82) is 0 Å². The molecule has 0 N–H and O–H groups in total. The lowest BCUT2D eigenvalue weighted by molar-refractivity contribution is -0.385. The molecule has 35 heavy (non-hydrogen) atoms. The summed E-state index contributed by atoms with van der Waals surface area (Å²) < 4.78 is 0. The van der Waals surface area contributed by atoms with Gasteiger partial charge in [0.2, 0.25) is 5.91 Å². The summed E-state index contributed by atoms with van der Waals surface area (Å²) in [5.41, 5.74) is 3.60. The van der Waals surface area contributed by atoms with Gasteiger partial charge >= 0.3 is 0 Å². The van der Waals surface area contributed by atoms with Gasteiger partial charge in [0.05, 0.1) is 27.9 Å². The molecule has 8 nitrogen and oxygen atoms in total. The van der Waals surface area contributed by atoms with Crippen LogP contribution >= 0.6 is 0 Å². The highest BCUT2D eigenvalue weighted by Crippen LogP contribution is 2.41. The lowest BCUT2D eigenvalue weighted by Crippen LogP contribution is -2.39. The van der Waals surface area contributed by atoms with Crippen LogP contribution in [0.15, 0.2) is 78.9 Å². The SMILES string of the molecule is Cc1ccc(N2C(=O)[C@@H]3[C@@H](ON(c4ccc(C)cc4)[C@H]3/C=C/c3ccccc3[N+](=O)[O-])C2=O)cc1. The zero-order valence-corrected chi connectivity index (χ0v) is 19.2. The summed E-state index contributed by atoms with van der Waals surface area (Å²) in [5.74, 6) is -1.60. The number of rotatable bonds is 5. The van der Waals surface area contributed by atoms with Crippen LogP contribution in [0.3, 0.4) is 0 Å². The first-order chi connectivity index (χ1) is 16.8. The van der Waals surface area contributed by atoms with Gasteiger partial charge in [-0.3, -0.25) is 24.5 Å². The van der Waals surface area contributed by atoms with E-state index in [1.54, 1.807) is 47.5 Å². The van der Waals surface area contributed by atoms with Crippen molar-refractivity contribution in [3.8, 4) is 0 Å². The molecule has 3 aromatic rings. The van der Waals surface area contributed by atoms with Crippen molar-refractivity contribution in [1.82, 2.24) is 0 Å². The molecule has 3 atom stereocenters. The maximum absolute atomic E-state index is 13.6. The summed E-state index contributed by atoms with van der Waals surface area (Å²) in [6.07, 6.45) is 2.32. The third-order valence-electron chi connectivity index (χ3n) is 6.35. The average Bonchev–Trinajstić information content (AvgIpc) is 3.34. The Morgan fingerprint density at radius 3 is 2.09 bits per heavy atom. The predicted molar refractivity (Wildman–Crippen MR) is 132 cm³/mol. The number of hydrogen-bond acceptors (Lipinski definition) is 6. The highest BCUT2D eigenvalue weighted by molar-refractivity contribution is 6.24. The van der Waals surface area contributed by atoms with Gasteiger partial charge in [-0.15, -0.1) is 0 Å². The molecule has 0 radical (unpaired) electrons. The molecule has 2 aliphatic heterocycles. The van der Waals surface area contributed by atoms with Gasteiger partial charge in [-0.05, 0) is 50.3 Å². The molecule has 2 fully saturated rings. The van der Waals surface area contributed by atoms with Crippen LogP contribution in [-0.2, 0) is 14.4 Å². The number of hydroxylamine groups is 1. The number of hydrogen-bond donors (Lipinski definition) is 0. The lowest BCUT2D eigenvalue weighted by Gasteiger charge is -2.26. The Kier molecular flexibility index (Phi) is 5.66. The van der Waals surface area contributed by atoms with E-state index in [2.05, 4.69) is 0 Å². The minimum absolute atomic E-state index is 0.0452. The Morgan fingerprint density at radius 1 is 0.857 bits per heavy atom. The topological polar surface area (TPSA) is 93.0 Å². The fourth-order valence-electron chi connectivity index (χ4n) is 4.51. The monoisotopic (exact) mass is 469 g/mol. The molecule has 2 aliphatic rings. The Morgan fingerprint density at radius 2 is 1.46 bits per heavy atom. The van der Waals surface area contributed by atoms with E-state index in [1.165, 1.54) is 11.0 Å². The standard InChI is InChI=1S/C27H23N3O5/c1-17-7-12-20(13-8-17)28-26(31)24-23(16-11-19-5-3-4-6-22(19)30(33)34)29(35-25(24)27(28)32)21-14-9-18(2)10-15-21/h3-16,23-25H,1-2H3/b16-11+/t23-,24-,25+/m0/s1. The van der Waals surface area contributed by atoms with Crippen molar-refractivity contribution >= 4 is 35.0 Å². The van der Waals surface area contributed by atoms with Gasteiger partial charge in [0, 0.05) is 6.07 Å². The largest absolute Gasteiger partial charge is 0.276 e. The van der Waals surface area contributed by atoms with Crippen LogP contribution in [0.1, 0.15) is 16.7 Å². The number of anilines is 2. The molecule has 0 aliphatic carbocycles. The smallest absolute Gasteiger partial charge is 0.273 e. The number of imide groups is 1. The maximum atomic E-state index is 13.6. The highest BCUT2D eigenvalue weighted by atomic mass is 16.7. The third kappa shape index (κ3) is 3.98. The van der Waals surface area contributed by atoms with Crippen molar-refractivity contribution in [3.05, 3.63) is 106 Å². The quantitative estimate of drug-likeness (QED) is 0.308. The van der Waals surface area contributed by atoms with Gasteiger partial charge in [-0.1, -0.05) is 53.6 Å². The second-order valence-electron chi connectivity index (χ2n) is 8.73. The Balaban J connectivity index is 1.54. The molecule has 176 valence electrons. The molecular weight excluding hydrogens is 446 g/mol. The number of amides is 2. The van der Waals surface area contributed by atoms with Crippen molar-refractivity contribution in [2.75, 3.05) is 9.96 Å². The molecule has 3 aromatic carbocycles. The van der Waals surface area contributed by atoms with Crippen molar-refractivity contribution < 1.29 is 19.3 Å². The van der Waals surface area contributed by atoms with Crippen LogP contribution in [-0.4, -0.2) is 28.9 Å². The molecule has 0 spiro atoms. The summed E-state index contributed by atoms with van der Waals surface area (Å²) in [5, 5.41) is 13.0. The molecule has 0 aromatic heterocycles. The summed E-state index contributed by atoms with van der Waals surface area (Å²) in [7, 11) is 0. The minimum atomic E-state index is -0.995. The highest BCUT2D eigenvalue weighted by Gasteiger charge is 2.59. The summed E-state index contributed by atoms with van der Waals surface area (Å²) in [4.78, 5) is 45.2. The van der Waals surface area contributed by atoms with E-state index in [1.807, 2.05) is 50.2 Å². The molecule has 2 amide bonds. The van der Waals surface area contributed by atoms with Crippen LogP contribution in [0.4, 0.5) is 17.1 Å². The summed E-state index contributed by atoms with van der Waals surface area (Å²) in [6, 6.07) is 20.4. The van der Waals surface area contributed by atoms with E-state index >= 15 is 0 Å². The molecule has 0 unspecified atom stereocenters. The fourth-order valence-corrected chi connectivity index (χ4v) is 4.51. The molecule has 8 heteroatoms. The summed E-state index contributed by atoms with van der Waals surface area (Å²) in [6.45, 7) is 3.89. The molecule has 2 saturated heterocycles. The number of nitro benzene ring substituents is 1. The van der Waals surface area contributed by atoms with Gasteiger partial charge in [0.15, 0.2) is 6.10 Å². The number of nitro groups is 1. The van der Waals surface area contributed by atoms with Gasteiger partial charge in [0.25, 0.3) is 11.6 Å². The Labute approximate surface area is 202 Å². The second-order valence-corrected chi connectivity index (χ2v) is 8.73. The number of carbonyl (C=O) groups excluding carboxylic acids is 2. The average molecular weight is 469 g/mol. The van der Waals surface area contributed by atoms with E-state index in [4.69, 9.17) is 4.84 Å². The number of carbonyl (C=O) groups is 2. The normalized spacial score (nSPS) is 21.7. The zero-order chi connectivity index (χ0) is 24.7. The van der Waals surface area contributed by atoms with Gasteiger partial charge in [0.1, 0.15) is 5.92 Å². The third-order valence-corrected chi connectivity index (χ3v) is 6.35. The number of fused-ring (bicyclic) bond motifs is 1. The van der Waals surface area contributed by atoms with Gasteiger partial charge in [-0.25, -0.2) is 9.96 Å². The van der Waals surface area contributed by atoms with Crippen LogP contribution in [0.2, 0.25) is 0 Å². The molecule has 2 heterocycles. The van der Waals surface area contributed by atoms with Crippen molar-refractivity contribution in [3.63, 3.8) is 0 Å². The first-order valence-electron chi connectivity index (χ1n) is 11.2. The van der Waals surface area contributed by atoms with Crippen molar-refractivity contribution in [2.24, 2.45) is 5.92 Å². The second kappa shape index (κ2) is 8.81. The van der Waals surface area contributed by atoms with E-state index in [0.717, 1.165) is 11.1 Å². The number of nitrogens with zero attached hydrogens (tertiary/aromatic N) is 3. The zero-order valence-electron chi connectivity index (χ0n) is 19.2. The van der Waals surface area contributed by atoms with E-state index in [9.17, 15) is 19.7 Å². The Bertz CT molecular complexity index is 1330. The molecule has 0 saturated carbocycles. The van der Waals surface area contributed by atoms with E-state index in [0.29, 0.717) is 16.9 Å². The number of para-hydroxylation sites is 1. The van der Waals surface area contributed by atoms with Gasteiger partial charge in [-0.2, -0.15) is 0 Å².